The molecule has 0 saturated carbocycles. The Morgan fingerprint density at radius 2 is 2.00 bits per heavy atom. The Labute approximate surface area is 152 Å². The molecule has 5 nitrogen and oxygen atoms in total. The van der Waals surface area contributed by atoms with E-state index in [0.717, 1.165) is 29.9 Å². The van der Waals surface area contributed by atoms with Crippen LogP contribution in [0.4, 0.5) is 5.69 Å². The molecule has 0 bridgehead atoms. The Morgan fingerprint density at radius 3 is 2.84 bits per heavy atom. The van der Waals surface area contributed by atoms with Crippen LogP contribution in [0.2, 0.25) is 5.02 Å². The first-order valence-electron chi connectivity index (χ1n) is 8.33. The number of carbonyl (C=O) groups is 1. The standard InChI is InChI=1S/C19H21ClN2O3/c1-2-21-12-13-4-3-5-15(8-13)22-18(23)11-14-9-16(20)19-17(10-14)24-6-7-25-19/h3-5,8-10,21H,2,6-7,11-12H2,1H3,(H,22,23). The minimum Gasteiger partial charge on any atom is -0.486 e. The van der Waals surface area contributed by atoms with Gasteiger partial charge in [0.1, 0.15) is 13.2 Å². The summed E-state index contributed by atoms with van der Waals surface area (Å²) in [4.78, 5) is 12.3. The predicted molar refractivity (Wildman–Crippen MR) is 98.6 cm³/mol. The van der Waals surface area contributed by atoms with Crippen LogP contribution in [0, 0.1) is 0 Å². The van der Waals surface area contributed by atoms with E-state index in [1.807, 2.05) is 30.3 Å². The monoisotopic (exact) mass is 360 g/mol. The average Bonchev–Trinajstić information content (AvgIpc) is 2.60. The lowest BCUT2D eigenvalue weighted by atomic mass is 10.1. The zero-order chi connectivity index (χ0) is 17.6. The molecule has 2 N–H and O–H groups in total. The third-order valence-electron chi connectivity index (χ3n) is 3.81. The van der Waals surface area contributed by atoms with Crippen LogP contribution in [0.1, 0.15) is 18.1 Å². The summed E-state index contributed by atoms with van der Waals surface area (Å²) in [6, 6.07) is 11.4. The van der Waals surface area contributed by atoms with E-state index in [4.69, 9.17) is 21.1 Å². The summed E-state index contributed by atoms with van der Waals surface area (Å²) in [6.45, 7) is 4.71. The number of anilines is 1. The maximum Gasteiger partial charge on any atom is 0.228 e. The zero-order valence-electron chi connectivity index (χ0n) is 14.1. The number of hydrogen-bond acceptors (Lipinski definition) is 4. The minimum absolute atomic E-state index is 0.103. The van der Waals surface area contributed by atoms with Gasteiger partial charge in [0.15, 0.2) is 11.5 Å². The Hall–Kier alpha value is -2.24. The molecule has 25 heavy (non-hydrogen) atoms. The van der Waals surface area contributed by atoms with Crippen molar-refractivity contribution in [2.24, 2.45) is 0 Å². The van der Waals surface area contributed by atoms with Gasteiger partial charge in [0.2, 0.25) is 5.91 Å². The van der Waals surface area contributed by atoms with E-state index >= 15 is 0 Å². The molecule has 0 radical (unpaired) electrons. The molecule has 1 aliphatic rings. The topological polar surface area (TPSA) is 59.6 Å². The third kappa shape index (κ3) is 4.65. The number of rotatable bonds is 6. The quantitative estimate of drug-likeness (QED) is 0.828. The van der Waals surface area contributed by atoms with Crippen molar-refractivity contribution >= 4 is 23.2 Å². The second-order valence-electron chi connectivity index (χ2n) is 5.81. The van der Waals surface area contributed by atoms with Crippen LogP contribution in [0.15, 0.2) is 36.4 Å². The number of hydrogen-bond donors (Lipinski definition) is 2. The lowest BCUT2D eigenvalue weighted by Gasteiger charge is -2.20. The van der Waals surface area contributed by atoms with Crippen LogP contribution in [0.25, 0.3) is 0 Å². The molecule has 0 unspecified atom stereocenters. The highest BCUT2D eigenvalue weighted by molar-refractivity contribution is 6.32. The summed E-state index contributed by atoms with van der Waals surface area (Å²) >= 11 is 6.22. The maximum atomic E-state index is 12.3. The number of benzene rings is 2. The minimum atomic E-state index is -0.103. The van der Waals surface area contributed by atoms with Crippen LogP contribution in [-0.4, -0.2) is 25.7 Å². The Morgan fingerprint density at radius 1 is 1.16 bits per heavy atom. The van der Waals surface area contributed by atoms with E-state index in [2.05, 4.69) is 17.6 Å². The van der Waals surface area contributed by atoms with E-state index in [1.165, 1.54) is 0 Å². The van der Waals surface area contributed by atoms with Crippen LogP contribution in [0.3, 0.4) is 0 Å². The van der Waals surface area contributed by atoms with Gasteiger partial charge in [-0.05, 0) is 41.9 Å². The van der Waals surface area contributed by atoms with Gasteiger partial charge in [0.25, 0.3) is 0 Å². The molecule has 1 heterocycles. The van der Waals surface area contributed by atoms with E-state index in [0.29, 0.717) is 29.7 Å². The van der Waals surface area contributed by atoms with Crippen molar-refractivity contribution in [2.75, 3.05) is 25.1 Å². The highest BCUT2D eigenvalue weighted by Crippen LogP contribution is 2.38. The SMILES string of the molecule is CCNCc1cccc(NC(=O)Cc2cc(Cl)c3c(c2)OCCO3)c1. The van der Waals surface area contributed by atoms with Crippen molar-refractivity contribution in [1.29, 1.82) is 0 Å². The number of ether oxygens (including phenoxy) is 2. The molecule has 1 amide bonds. The molecule has 1 aliphatic heterocycles. The summed E-state index contributed by atoms with van der Waals surface area (Å²) in [5.41, 5.74) is 2.70. The maximum absolute atomic E-state index is 12.3. The number of amides is 1. The van der Waals surface area contributed by atoms with Crippen molar-refractivity contribution in [3.63, 3.8) is 0 Å². The molecule has 0 spiro atoms. The fourth-order valence-electron chi connectivity index (χ4n) is 2.69. The molecule has 0 atom stereocenters. The predicted octanol–water partition coefficient (Wildman–Crippen LogP) is 3.40. The summed E-state index contributed by atoms with van der Waals surface area (Å²) in [5.74, 6) is 1.04. The molecule has 0 fully saturated rings. The Balaban J connectivity index is 1.66. The normalized spacial score (nSPS) is 12.7. The van der Waals surface area contributed by atoms with Gasteiger partial charge in [0, 0.05) is 12.2 Å². The molecule has 0 saturated heterocycles. The Bertz CT molecular complexity index is 764. The summed E-state index contributed by atoms with van der Waals surface area (Å²) in [6.07, 6.45) is 0.216. The molecule has 0 aromatic heterocycles. The van der Waals surface area contributed by atoms with E-state index in [1.54, 1.807) is 6.07 Å². The molecule has 2 aromatic carbocycles. The van der Waals surface area contributed by atoms with Crippen molar-refractivity contribution in [1.82, 2.24) is 5.32 Å². The molecule has 6 heteroatoms. The highest BCUT2D eigenvalue weighted by Gasteiger charge is 2.17. The molecule has 2 aromatic rings. The molecular weight excluding hydrogens is 340 g/mol. The highest BCUT2D eigenvalue weighted by atomic mass is 35.5. The summed E-state index contributed by atoms with van der Waals surface area (Å²) in [5, 5.41) is 6.66. The third-order valence-corrected chi connectivity index (χ3v) is 4.09. The van der Waals surface area contributed by atoms with Gasteiger partial charge >= 0.3 is 0 Å². The first-order chi connectivity index (χ1) is 12.2. The molecular formula is C19H21ClN2O3. The fourth-order valence-corrected chi connectivity index (χ4v) is 2.97. The number of carbonyl (C=O) groups excluding carboxylic acids is 1. The van der Waals surface area contributed by atoms with Gasteiger partial charge in [-0.1, -0.05) is 30.7 Å². The zero-order valence-corrected chi connectivity index (χ0v) is 14.9. The Kier molecular flexibility index (Phi) is 5.79. The van der Waals surface area contributed by atoms with Gasteiger partial charge in [-0.25, -0.2) is 0 Å². The fraction of sp³-hybridized carbons (Fsp3) is 0.316. The van der Waals surface area contributed by atoms with Gasteiger partial charge in [-0.3, -0.25) is 4.79 Å². The van der Waals surface area contributed by atoms with Crippen molar-refractivity contribution in [2.45, 2.75) is 19.9 Å². The number of halogens is 1. The van der Waals surface area contributed by atoms with Crippen LogP contribution in [-0.2, 0) is 17.8 Å². The first-order valence-corrected chi connectivity index (χ1v) is 8.71. The van der Waals surface area contributed by atoms with Crippen LogP contribution < -0.4 is 20.1 Å². The van der Waals surface area contributed by atoms with Gasteiger partial charge in [-0.15, -0.1) is 0 Å². The van der Waals surface area contributed by atoms with Crippen molar-refractivity contribution in [3.05, 3.63) is 52.5 Å². The van der Waals surface area contributed by atoms with Crippen molar-refractivity contribution < 1.29 is 14.3 Å². The van der Waals surface area contributed by atoms with E-state index < -0.39 is 0 Å². The summed E-state index contributed by atoms with van der Waals surface area (Å²) < 4.78 is 11.0. The second-order valence-corrected chi connectivity index (χ2v) is 6.21. The van der Waals surface area contributed by atoms with E-state index in [-0.39, 0.29) is 12.3 Å². The molecule has 0 aliphatic carbocycles. The van der Waals surface area contributed by atoms with E-state index in [9.17, 15) is 4.79 Å². The lowest BCUT2D eigenvalue weighted by molar-refractivity contribution is -0.115. The van der Waals surface area contributed by atoms with Gasteiger partial charge in [-0.2, -0.15) is 0 Å². The number of nitrogens with one attached hydrogen (secondary N) is 2. The average molecular weight is 361 g/mol. The largest absolute Gasteiger partial charge is 0.486 e. The van der Waals surface area contributed by atoms with Gasteiger partial charge in [0.05, 0.1) is 11.4 Å². The molecule has 3 rings (SSSR count). The van der Waals surface area contributed by atoms with Crippen molar-refractivity contribution in [3.8, 4) is 11.5 Å². The van der Waals surface area contributed by atoms with Crippen LogP contribution in [0.5, 0.6) is 11.5 Å². The number of fused-ring (bicyclic) bond motifs is 1. The smallest absolute Gasteiger partial charge is 0.228 e. The molecule has 132 valence electrons. The second kappa shape index (κ2) is 8.23. The van der Waals surface area contributed by atoms with Gasteiger partial charge < -0.3 is 20.1 Å². The van der Waals surface area contributed by atoms with Crippen LogP contribution >= 0.6 is 11.6 Å². The lowest BCUT2D eigenvalue weighted by Crippen LogP contribution is -2.17. The summed E-state index contributed by atoms with van der Waals surface area (Å²) in [7, 11) is 0. The first kappa shape index (κ1) is 17.6.